The van der Waals surface area contributed by atoms with Crippen LogP contribution in [-0.2, 0) is 14.3 Å². The highest BCUT2D eigenvalue weighted by Gasteiger charge is 2.38. The molecule has 1 aliphatic rings. The fraction of sp³-hybridized carbons (Fsp3) is 0.600. The fourth-order valence-electron chi connectivity index (χ4n) is 1.72. The van der Waals surface area contributed by atoms with Gasteiger partial charge in [0.15, 0.2) is 0 Å². The lowest BCUT2D eigenvalue weighted by Crippen LogP contribution is -2.33. The number of rotatable bonds is 3. The predicted molar refractivity (Wildman–Crippen MR) is 48.1 cm³/mol. The molecule has 13 heavy (non-hydrogen) atoms. The van der Waals surface area contributed by atoms with Crippen molar-refractivity contribution in [3.05, 3.63) is 12.2 Å². The summed E-state index contributed by atoms with van der Waals surface area (Å²) in [6, 6.07) is 0. The molecule has 0 radical (unpaired) electrons. The van der Waals surface area contributed by atoms with E-state index in [4.69, 9.17) is 4.74 Å². The second-order valence-corrected chi connectivity index (χ2v) is 3.36. The van der Waals surface area contributed by atoms with Gasteiger partial charge in [0.05, 0.1) is 12.5 Å². The quantitative estimate of drug-likeness (QED) is 0.377. The molecule has 0 bridgehead atoms. The number of allylic oxidation sites excluding steroid dienone is 2. The van der Waals surface area contributed by atoms with E-state index in [0.29, 0.717) is 6.42 Å². The normalized spacial score (nSPS) is 26.8. The lowest BCUT2D eigenvalue weighted by molar-refractivity contribution is -0.154. The molecule has 0 saturated carbocycles. The Bertz CT molecular complexity index is 232. The van der Waals surface area contributed by atoms with Crippen LogP contribution >= 0.6 is 0 Å². The molecule has 0 N–H and O–H groups in total. The Balaban J connectivity index is 2.79. The third-order valence-corrected chi connectivity index (χ3v) is 2.56. The molecule has 0 heterocycles. The summed E-state index contributed by atoms with van der Waals surface area (Å²) in [6.45, 7) is 0. The molecule has 3 heteroatoms. The van der Waals surface area contributed by atoms with Crippen LogP contribution in [-0.4, -0.2) is 19.4 Å². The molecule has 1 atom stereocenters. The summed E-state index contributed by atoms with van der Waals surface area (Å²) in [4.78, 5) is 21.9. The first-order valence-electron chi connectivity index (χ1n) is 4.42. The second kappa shape index (κ2) is 4.21. The van der Waals surface area contributed by atoms with Gasteiger partial charge in [-0.25, -0.2) is 0 Å². The molecule has 0 aromatic carbocycles. The molecule has 0 aromatic heterocycles. The van der Waals surface area contributed by atoms with Gasteiger partial charge in [0.25, 0.3) is 0 Å². The van der Waals surface area contributed by atoms with Gasteiger partial charge >= 0.3 is 5.97 Å². The van der Waals surface area contributed by atoms with Crippen molar-refractivity contribution in [3.8, 4) is 0 Å². The standard InChI is InChI=1S/C10H14O3/c1-13-9(12)10(7-8-11)5-3-2-4-6-10/h2-3,8H,4-7H2,1H3. The van der Waals surface area contributed by atoms with E-state index in [1.165, 1.54) is 7.11 Å². The van der Waals surface area contributed by atoms with Crippen molar-refractivity contribution in [1.29, 1.82) is 0 Å². The van der Waals surface area contributed by atoms with E-state index in [2.05, 4.69) is 0 Å². The first kappa shape index (κ1) is 9.96. The number of carbonyl (C=O) groups excluding carboxylic acids is 2. The summed E-state index contributed by atoms with van der Waals surface area (Å²) >= 11 is 0. The van der Waals surface area contributed by atoms with Crippen molar-refractivity contribution in [1.82, 2.24) is 0 Å². The third-order valence-electron chi connectivity index (χ3n) is 2.56. The number of aldehydes is 1. The molecule has 1 rings (SSSR count). The molecule has 0 aliphatic heterocycles. The largest absolute Gasteiger partial charge is 0.469 e. The third kappa shape index (κ3) is 1.97. The van der Waals surface area contributed by atoms with Crippen molar-refractivity contribution in [3.63, 3.8) is 0 Å². The maximum Gasteiger partial charge on any atom is 0.312 e. The van der Waals surface area contributed by atoms with Gasteiger partial charge in [0, 0.05) is 6.42 Å². The maximum absolute atomic E-state index is 11.5. The lowest BCUT2D eigenvalue weighted by atomic mass is 9.75. The Morgan fingerprint density at radius 2 is 2.38 bits per heavy atom. The molecule has 0 spiro atoms. The van der Waals surface area contributed by atoms with E-state index in [0.717, 1.165) is 19.1 Å². The minimum Gasteiger partial charge on any atom is -0.469 e. The van der Waals surface area contributed by atoms with E-state index in [1.54, 1.807) is 0 Å². The summed E-state index contributed by atoms with van der Waals surface area (Å²) in [7, 11) is 1.37. The van der Waals surface area contributed by atoms with E-state index < -0.39 is 5.41 Å². The summed E-state index contributed by atoms with van der Waals surface area (Å²) < 4.78 is 4.71. The highest BCUT2D eigenvalue weighted by molar-refractivity contribution is 5.80. The number of hydrogen-bond donors (Lipinski definition) is 0. The topological polar surface area (TPSA) is 43.4 Å². The number of carbonyl (C=O) groups is 2. The molecule has 0 aromatic rings. The highest BCUT2D eigenvalue weighted by Crippen LogP contribution is 2.36. The minimum absolute atomic E-state index is 0.260. The first-order chi connectivity index (χ1) is 6.25. The Morgan fingerprint density at radius 3 is 2.85 bits per heavy atom. The summed E-state index contributed by atoms with van der Waals surface area (Å²) in [6.07, 6.45) is 7.24. The van der Waals surface area contributed by atoms with Gasteiger partial charge in [-0.15, -0.1) is 0 Å². The van der Waals surface area contributed by atoms with Gasteiger partial charge in [-0.2, -0.15) is 0 Å². The Morgan fingerprint density at radius 1 is 1.62 bits per heavy atom. The van der Waals surface area contributed by atoms with Crippen LogP contribution in [0.15, 0.2) is 12.2 Å². The van der Waals surface area contributed by atoms with E-state index in [9.17, 15) is 9.59 Å². The average molecular weight is 182 g/mol. The van der Waals surface area contributed by atoms with Gasteiger partial charge in [0.1, 0.15) is 6.29 Å². The molecule has 3 nitrogen and oxygen atoms in total. The SMILES string of the molecule is COC(=O)C1(CC=O)CC=CCC1. The Kier molecular flexibility index (Phi) is 3.23. The van der Waals surface area contributed by atoms with Crippen LogP contribution in [0.5, 0.6) is 0 Å². The zero-order valence-electron chi connectivity index (χ0n) is 7.79. The van der Waals surface area contributed by atoms with Crippen molar-refractivity contribution in [2.24, 2.45) is 5.41 Å². The number of esters is 1. The van der Waals surface area contributed by atoms with E-state index >= 15 is 0 Å². The molecule has 1 unspecified atom stereocenters. The van der Waals surface area contributed by atoms with Gasteiger partial charge in [0.2, 0.25) is 0 Å². The zero-order chi connectivity index (χ0) is 9.73. The lowest BCUT2D eigenvalue weighted by Gasteiger charge is -2.29. The second-order valence-electron chi connectivity index (χ2n) is 3.36. The minimum atomic E-state index is -0.578. The predicted octanol–water partition coefficient (Wildman–Crippen LogP) is 1.47. The van der Waals surface area contributed by atoms with Crippen LogP contribution in [0.2, 0.25) is 0 Å². The average Bonchev–Trinajstić information content (AvgIpc) is 2.18. The Labute approximate surface area is 77.8 Å². The zero-order valence-corrected chi connectivity index (χ0v) is 7.79. The monoisotopic (exact) mass is 182 g/mol. The van der Waals surface area contributed by atoms with Crippen molar-refractivity contribution >= 4 is 12.3 Å². The molecule has 0 amide bonds. The van der Waals surface area contributed by atoms with Crippen LogP contribution in [0, 0.1) is 5.41 Å². The molecular formula is C10H14O3. The maximum atomic E-state index is 11.5. The van der Waals surface area contributed by atoms with Crippen molar-refractivity contribution < 1.29 is 14.3 Å². The van der Waals surface area contributed by atoms with Gasteiger partial charge in [-0.05, 0) is 19.3 Å². The molecular weight excluding hydrogens is 168 g/mol. The summed E-state index contributed by atoms with van der Waals surface area (Å²) in [5.41, 5.74) is -0.578. The smallest absolute Gasteiger partial charge is 0.312 e. The first-order valence-corrected chi connectivity index (χ1v) is 4.42. The van der Waals surface area contributed by atoms with Gasteiger partial charge in [-0.1, -0.05) is 12.2 Å². The van der Waals surface area contributed by atoms with Crippen LogP contribution in [0.3, 0.4) is 0 Å². The van der Waals surface area contributed by atoms with Crippen molar-refractivity contribution in [2.45, 2.75) is 25.7 Å². The fourth-order valence-corrected chi connectivity index (χ4v) is 1.72. The molecule has 0 saturated heterocycles. The molecule has 72 valence electrons. The van der Waals surface area contributed by atoms with Crippen LogP contribution in [0.4, 0.5) is 0 Å². The van der Waals surface area contributed by atoms with Gasteiger partial charge in [-0.3, -0.25) is 4.79 Å². The van der Waals surface area contributed by atoms with E-state index in [1.807, 2.05) is 12.2 Å². The Hall–Kier alpha value is -1.12. The highest BCUT2D eigenvalue weighted by atomic mass is 16.5. The molecule has 0 fully saturated rings. The number of ether oxygens (including phenoxy) is 1. The van der Waals surface area contributed by atoms with Crippen LogP contribution in [0.25, 0.3) is 0 Å². The number of methoxy groups -OCH3 is 1. The number of hydrogen-bond acceptors (Lipinski definition) is 3. The molecule has 1 aliphatic carbocycles. The summed E-state index contributed by atoms with van der Waals surface area (Å²) in [5, 5.41) is 0. The van der Waals surface area contributed by atoms with E-state index in [-0.39, 0.29) is 12.4 Å². The van der Waals surface area contributed by atoms with Crippen molar-refractivity contribution in [2.75, 3.05) is 7.11 Å². The van der Waals surface area contributed by atoms with Crippen LogP contribution in [0.1, 0.15) is 25.7 Å². The van der Waals surface area contributed by atoms with Crippen LogP contribution < -0.4 is 0 Å². The van der Waals surface area contributed by atoms with Gasteiger partial charge < -0.3 is 9.53 Å². The summed E-state index contributed by atoms with van der Waals surface area (Å²) in [5.74, 6) is -0.260.